The van der Waals surface area contributed by atoms with Crippen molar-refractivity contribution in [1.82, 2.24) is 9.97 Å². The topological polar surface area (TPSA) is 93.0 Å². The van der Waals surface area contributed by atoms with E-state index in [1.807, 2.05) is 30.3 Å². The Morgan fingerprint density at radius 2 is 1.92 bits per heavy atom. The number of nitrogens with zero attached hydrogens (tertiary/aromatic N) is 1. The van der Waals surface area contributed by atoms with Crippen molar-refractivity contribution in [2.45, 2.75) is 12.5 Å². The molecule has 1 unspecified atom stereocenters. The molecule has 6 nitrogen and oxygen atoms in total. The number of nitrogens with one attached hydrogen (secondary N) is 2. The highest BCUT2D eigenvalue weighted by Crippen LogP contribution is 2.22. The zero-order valence-corrected chi connectivity index (χ0v) is 13.9. The van der Waals surface area contributed by atoms with Crippen LogP contribution < -0.4 is 11.1 Å². The van der Waals surface area contributed by atoms with Gasteiger partial charge in [0.15, 0.2) is 0 Å². The molecule has 0 saturated heterocycles. The molecular weight excluding hydrogens is 316 g/mol. The number of methoxy groups -OCH3 is 1. The van der Waals surface area contributed by atoms with Crippen LogP contribution in [0.3, 0.4) is 0 Å². The summed E-state index contributed by atoms with van der Waals surface area (Å²) in [5, 5.41) is 2.61. The van der Waals surface area contributed by atoms with Crippen LogP contribution in [0.15, 0.2) is 60.8 Å². The van der Waals surface area contributed by atoms with Gasteiger partial charge in [0.2, 0.25) is 0 Å². The molecule has 0 spiro atoms. The van der Waals surface area contributed by atoms with Gasteiger partial charge in [-0.15, -0.1) is 0 Å². The van der Waals surface area contributed by atoms with Gasteiger partial charge >= 0.3 is 6.09 Å². The highest BCUT2D eigenvalue weighted by atomic mass is 16.5. The van der Waals surface area contributed by atoms with E-state index in [4.69, 9.17) is 5.73 Å². The van der Waals surface area contributed by atoms with Crippen molar-refractivity contribution >= 4 is 11.8 Å². The molecule has 1 aromatic heterocycles. The molecule has 0 bridgehead atoms. The van der Waals surface area contributed by atoms with Crippen LogP contribution in [0.5, 0.6) is 0 Å². The lowest BCUT2D eigenvalue weighted by atomic mass is 10.1. The summed E-state index contributed by atoms with van der Waals surface area (Å²) >= 11 is 0. The van der Waals surface area contributed by atoms with Crippen molar-refractivity contribution in [2.24, 2.45) is 5.73 Å². The summed E-state index contributed by atoms with van der Waals surface area (Å²) in [6, 6.07) is 17.3. The van der Waals surface area contributed by atoms with Crippen LogP contribution in [0, 0.1) is 0 Å². The van der Waals surface area contributed by atoms with Crippen LogP contribution in [-0.4, -0.2) is 23.2 Å². The van der Waals surface area contributed by atoms with Gasteiger partial charge < -0.3 is 15.5 Å². The van der Waals surface area contributed by atoms with Crippen molar-refractivity contribution in [3.63, 3.8) is 0 Å². The molecule has 3 rings (SSSR count). The molecule has 0 aliphatic heterocycles. The van der Waals surface area contributed by atoms with Crippen LogP contribution in [0.1, 0.15) is 17.4 Å². The minimum atomic E-state index is -0.497. The molecule has 1 heterocycles. The number of imidazole rings is 1. The van der Waals surface area contributed by atoms with Crippen LogP contribution in [0.25, 0.3) is 11.3 Å². The largest absolute Gasteiger partial charge is 0.453 e. The summed E-state index contributed by atoms with van der Waals surface area (Å²) in [5.74, 6) is 0.746. The molecule has 0 aliphatic rings. The lowest BCUT2D eigenvalue weighted by Gasteiger charge is -2.09. The van der Waals surface area contributed by atoms with Crippen LogP contribution >= 0.6 is 0 Å². The van der Waals surface area contributed by atoms with Gasteiger partial charge in [-0.25, -0.2) is 9.78 Å². The molecule has 1 atom stereocenters. The summed E-state index contributed by atoms with van der Waals surface area (Å²) in [7, 11) is 1.33. The normalized spacial score (nSPS) is 11.8. The van der Waals surface area contributed by atoms with Crippen molar-refractivity contribution in [1.29, 1.82) is 0 Å². The van der Waals surface area contributed by atoms with Crippen LogP contribution in [0.4, 0.5) is 10.5 Å². The molecule has 3 aromatic rings. The van der Waals surface area contributed by atoms with Crippen LogP contribution in [0.2, 0.25) is 0 Å². The van der Waals surface area contributed by atoms with Gasteiger partial charge in [-0.05, 0) is 29.7 Å². The Labute approximate surface area is 146 Å². The fourth-order valence-electron chi connectivity index (χ4n) is 2.54. The molecule has 4 N–H and O–H groups in total. The van der Waals surface area contributed by atoms with Gasteiger partial charge in [0.25, 0.3) is 0 Å². The van der Waals surface area contributed by atoms with Gasteiger partial charge in [0.05, 0.1) is 25.0 Å². The zero-order chi connectivity index (χ0) is 17.6. The van der Waals surface area contributed by atoms with E-state index in [1.165, 1.54) is 12.7 Å². The molecule has 25 heavy (non-hydrogen) atoms. The summed E-state index contributed by atoms with van der Waals surface area (Å²) in [6.07, 6.45) is 1.99. The number of hydrogen-bond donors (Lipinski definition) is 3. The van der Waals surface area contributed by atoms with Crippen molar-refractivity contribution < 1.29 is 9.53 Å². The number of nitrogens with two attached hydrogens (primary N) is 1. The Hall–Kier alpha value is -3.12. The van der Waals surface area contributed by atoms with Gasteiger partial charge in [-0.2, -0.15) is 0 Å². The van der Waals surface area contributed by atoms with E-state index in [9.17, 15) is 4.79 Å². The van der Waals surface area contributed by atoms with Crippen LogP contribution in [-0.2, 0) is 11.2 Å². The average Bonchev–Trinajstić information content (AvgIpc) is 3.13. The standard InChI is InChI=1S/C19H20N4O2/c1-25-19(24)22-15-9-7-14(8-10-15)17-12-21-18(23-17)16(20)11-13-5-3-2-4-6-13/h2-10,12,16H,11,20H2,1H3,(H,21,23)(H,22,24). The first-order valence-electron chi connectivity index (χ1n) is 7.95. The summed E-state index contributed by atoms with van der Waals surface area (Å²) in [4.78, 5) is 18.9. The number of ether oxygens (including phenoxy) is 1. The number of aromatic amines is 1. The maximum atomic E-state index is 11.2. The first-order valence-corrected chi connectivity index (χ1v) is 7.95. The smallest absolute Gasteiger partial charge is 0.411 e. The lowest BCUT2D eigenvalue weighted by Crippen LogP contribution is -2.14. The Balaban J connectivity index is 1.69. The number of amides is 1. The van der Waals surface area contributed by atoms with E-state index in [-0.39, 0.29) is 6.04 Å². The monoisotopic (exact) mass is 336 g/mol. The highest BCUT2D eigenvalue weighted by Gasteiger charge is 2.12. The minimum absolute atomic E-state index is 0.198. The fourth-order valence-corrected chi connectivity index (χ4v) is 2.54. The number of rotatable bonds is 5. The molecule has 0 aliphatic carbocycles. The molecule has 128 valence electrons. The third kappa shape index (κ3) is 4.24. The maximum absolute atomic E-state index is 11.2. The van der Waals surface area contributed by atoms with Gasteiger partial charge in [-0.3, -0.25) is 5.32 Å². The first-order chi connectivity index (χ1) is 12.2. The number of hydrogen-bond acceptors (Lipinski definition) is 4. The van der Waals surface area contributed by atoms with E-state index in [0.717, 1.165) is 23.5 Å². The second-order valence-corrected chi connectivity index (χ2v) is 5.67. The Morgan fingerprint density at radius 3 is 2.60 bits per heavy atom. The third-order valence-corrected chi connectivity index (χ3v) is 3.87. The number of benzene rings is 2. The number of H-pyrrole nitrogens is 1. The van der Waals surface area contributed by atoms with E-state index >= 15 is 0 Å². The second-order valence-electron chi connectivity index (χ2n) is 5.67. The van der Waals surface area contributed by atoms with Gasteiger partial charge in [0, 0.05) is 5.69 Å². The van der Waals surface area contributed by atoms with Crippen molar-refractivity contribution in [3.8, 4) is 11.3 Å². The number of carbonyl (C=O) groups is 1. The molecule has 1 amide bonds. The third-order valence-electron chi connectivity index (χ3n) is 3.87. The highest BCUT2D eigenvalue weighted by molar-refractivity contribution is 5.84. The zero-order valence-electron chi connectivity index (χ0n) is 13.9. The van der Waals surface area contributed by atoms with E-state index in [1.54, 1.807) is 18.3 Å². The number of aromatic nitrogens is 2. The second kappa shape index (κ2) is 7.63. The van der Waals surface area contributed by atoms with Gasteiger partial charge in [-0.1, -0.05) is 42.5 Å². The Bertz CT molecular complexity index is 828. The van der Waals surface area contributed by atoms with E-state index < -0.39 is 6.09 Å². The Kier molecular flexibility index (Phi) is 5.11. The van der Waals surface area contributed by atoms with Gasteiger partial charge in [0.1, 0.15) is 5.82 Å². The molecule has 0 radical (unpaired) electrons. The summed E-state index contributed by atoms with van der Waals surface area (Å²) < 4.78 is 4.57. The number of anilines is 1. The fraction of sp³-hybridized carbons (Fsp3) is 0.158. The predicted octanol–water partition coefficient (Wildman–Crippen LogP) is 3.50. The molecule has 0 saturated carbocycles. The SMILES string of the molecule is COC(=O)Nc1ccc(-c2cnc(C(N)Cc3ccccc3)[nH]2)cc1. The predicted molar refractivity (Wildman–Crippen MR) is 97.1 cm³/mol. The molecule has 0 fully saturated rings. The van der Waals surface area contributed by atoms with E-state index in [2.05, 4.69) is 32.2 Å². The maximum Gasteiger partial charge on any atom is 0.411 e. The number of carbonyl (C=O) groups excluding carboxylic acids is 1. The van der Waals surface area contributed by atoms with E-state index in [0.29, 0.717) is 5.69 Å². The minimum Gasteiger partial charge on any atom is -0.453 e. The quantitative estimate of drug-likeness (QED) is 0.665. The molecule has 6 heteroatoms. The summed E-state index contributed by atoms with van der Waals surface area (Å²) in [6.45, 7) is 0. The van der Waals surface area contributed by atoms with Crippen molar-refractivity contribution in [2.75, 3.05) is 12.4 Å². The Morgan fingerprint density at radius 1 is 1.20 bits per heavy atom. The lowest BCUT2D eigenvalue weighted by molar-refractivity contribution is 0.187. The van der Waals surface area contributed by atoms with Crippen molar-refractivity contribution in [3.05, 3.63) is 72.2 Å². The summed E-state index contributed by atoms with van der Waals surface area (Å²) in [5.41, 5.74) is 9.93. The average molecular weight is 336 g/mol. The molecular formula is C19H20N4O2. The molecule has 2 aromatic carbocycles. The first kappa shape index (κ1) is 16.7.